The first kappa shape index (κ1) is 27.1. The van der Waals surface area contributed by atoms with Crippen LogP contribution in [0.2, 0.25) is 0 Å². The number of rotatable bonds is 12. The van der Waals surface area contributed by atoms with E-state index in [0.29, 0.717) is 55.8 Å². The van der Waals surface area contributed by atoms with Gasteiger partial charge in [0.15, 0.2) is 46.0 Å². The monoisotopic (exact) mass is 518 g/mol. The Morgan fingerprint density at radius 1 is 0.333 bits per heavy atom. The van der Waals surface area contributed by atoms with Gasteiger partial charge < -0.3 is 37.9 Å². The lowest BCUT2D eigenvalue weighted by Gasteiger charge is -2.24. The molecule has 2 rings (SSSR count). The Kier molecular flexibility index (Phi) is 10.2. The molecule has 0 fully saturated rings. The lowest BCUT2D eigenvalue weighted by molar-refractivity contribution is 0.302. The van der Waals surface area contributed by atoms with Crippen LogP contribution in [0.5, 0.6) is 46.0 Å². The minimum atomic E-state index is 0.487. The third kappa shape index (κ3) is 4.76. The van der Waals surface area contributed by atoms with E-state index in [-0.39, 0.29) is 0 Å². The minimum absolute atomic E-state index is 0.487. The summed E-state index contributed by atoms with van der Waals surface area (Å²) in [5, 5.41) is 0. The Morgan fingerprint density at radius 3 is 0.667 bits per heavy atom. The maximum absolute atomic E-state index is 5.79. The lowest BCUT2D eigenvalue weighted by atomic mass is 10.2. The third-order valence-electron chi connectivity index (χ3n) is 4.72. The Bertz CT molecular complexity index is 838. The Balaban J connectivity index is 3.01. The van der Waals surface area contributed by atoms with Gasteiger partial charge in [-0.15, -0.1) is 23.5 Å². The Hall–Kier alpha value is -2.11. The summed E-state index contributed by atoms with van der Waals surface area (Å²) in [5.41, 5.74) is 0. The van der Waals surface area contributed by atoms with E-state index < -0.39 is 0 Å². The van der Waals surface area contributed by atoms with Gasteiger partial charge in [0.25, 0.3) is 0 Å². The second-order valence-electron chi connectivity index (χ2n) is 6.09. The third-order valence-corrected chi connectivity index (χ3v) is 7.43. The highest BCUT2D eigenvalue weighted by Gasteiger charge is 2.33. The molecule has 0 bridgehead atoms. The molecule has 8 nitrogen and oxygen atoms in total. The van der Waals surface area contributed by atoms with Gasteiger partial charge in [-0.05, 0) is 12.5 Å². The van der Waals surface area contributed by atoms with Gasteiger partial charge >= 0.3 is 0 Å². The fourth-order valence-corrected chi connectivity index (χ4v) is 6.10. The van der Waals surface area contributed by atoms with Crippen LogP contribution < -0.4 is 37.9 Å². The van der Waals surface area contributed by atoms with Gasteiger partial charge in [0, 0.05) is 0 Å². The summed E-state index contributed by atoms with van der Waals surface area (Å²) in [6.45, 7) is 0. The van der Waals surface area contributed by atoms with Gasteiger partial charge in [-0.25, -0.2) is 0 Å². The van der Waals surface area contributed by atoms with Gasteiger partial charge in [-0.2, -0.15) is 0 Å². The van der Waals surface area contributed by atoms with Crippen molar-refractivity contribution in [1.29, 1.82) is 0 Å². The predicted molar refractivity (Wildman–Crippen MR) is 133 cm³/mol. The summed E-state index contributed by atoms with van der Waals surface area (Å²) in [5.74, 6) is 4.07. The Labute approximate surface area is 207 Å². The van der Waals surface area contributed by atoms with Crippen LogP contribution in [0, 0.1) is 0 Å². The number of hydrogen-bond acceptors (Lipinski definition) is 11. The standard InChI is InChI=1S/C22H30O8S3/c1-23-11-15(27-5)21(16(28-6)12(24-2)19(11)31-9)33-22-17(29-7)13(25-3)20(32-10)14(26-4)18(22)30-8/h1-10H3. The molecule has 33 heavy (non-hydrogen) atoms. The molecule has 11 heteroatoms. The predicted octanol–water partition coefficient (Wildman–Crippen LogP) is 5.35. The minimum Gasteiger partial charge on any atom is -0.492 e. The van der Waals surface area contributed by atoms with Crippen LogP contribution in [0.3, 0.4) is 0 Å². The zero-order valence-electron chi connectivity index (χ0n) is 20.5. The van der Waals surface area contributed by atoms with Gasteiger partial charge in [0.1, 0.15) is 9.79 Å². The average molecular weight is 519 g/mol. The maximum atomic E-state index is 5.79. The molecular weight excluding hydrogens is 488 g/mol. The van der Waals surface area contributed by atoms with Gasteiger partial charge in [0.2, 0.25) is 0 Å². The largest absolute Gasteiger partial charge is 0.492 e. The first-order chi connectivity index (χ1) is 16.0. The van der Waals surface area contributed by atoms with Gasteiger partial charge in [-0.1, -0.05) is 11.8 Å². The molecule has 184 valence electrons. The number of thioether (sulfide) groups is 2. The van der Waals surface area contributed by atoms with E-state index >= 15 is 0 Å². The topological polar surface area (TPSA) is 73.8 Å². The molecule has 0 saturated heterocycles. The van der Waals surface area contributed by atoms with E-state index in [2.05, 4.69) is 0 Å². The maximum Gasteiger partial charge on any atom is 0.179 e. The second kappa shape index (κ2) is 12.4. The highest BCUT2D eigenvalue weighted by atomic mass is 32.2. The summed E-state index contributed by atoms with van der Waals surface area (Å²) < 4.78 is 46.0. The van der Waals surface area contributed by atoms with Crippen molar-refractivity contribution >= 4 is 35.3 Å². The van der Waals surface area contributed by atoms with E-state index in [1.807, 2.05) is 12.5 Å². The summed E-state index contributed by atoms with van der Waals surface area (Å²) in [6, 6.07) is 0. The molecule has 0 saturated carbocycles. The number of hydrogen-bond donors (Lipinski definition) is 0. The second-order valence-corrected chi connectivity index (χ2v) is 8.75. The van der Waals surface area contributed by atoms with E-state index in [9.17, 15) is 0 Å². The van der Waals surface area contributed by atoms with Crippen molar-refractivity contribution < 1.29 is 37.9 Å². The molecule has 2 aromatic rings. The molecule has 0 radical (unpaired) electrons. The first-order valence-electron chi connectivity index (χ1n) is 9.53. The zero-order valence-corrected chi connectivity index (χ0v) is 22.9. The molecule has 0 heterocycles. The van der Waals surface area contributed by atoms with Crippen molar-refractivity contribution in [2.75, 3.05) is 69.4 Å². The lowest BCUT2D eigenvalue weighted by Crippen LogP contribution is -2.04. The quantitative estimate of drug-likeness (QED) is 0.341. The van der Waals surface area contributed by atoms with Crippen molar-refractivity contribution in [2.45, 2.75) is 19.6 Å². The summed E-state index contributed by atoms with van der Waals surface area (Å²) >= 11 is 4.24. The van der Waals surface area contributed by atoms with Crippen molar-refractivity contribution in [3.8, 4) is 46.0 Å². The van der Waals surface area contributed by atoms with Crippen LogP contribution in [-0.2, 0) is 0 Å². The summed E-state index contributed by atoms with van der Waals surface area (Å²) in [4.78, 5) is 2.74. The highest BCUT2D eigenvalue weighted by Crippen LogP contribution is 2.62. The van der Waals surface area contributed by atoms with Gasteiger partial charge in [0.05, 0.1) is 66.7 Å². The molecule has 0 spiro atoms. The van der Waals surface area contributed by atoms with E-state index in [0.717, 1.165) is 9.79 Å². The Morgan fingerprint density at radius 2 is 0.515 bits per heavy atom. The molecule has 0 aromatic heterocycles. The summed E-state index contributed by atoms with van der Waals surface area (Å²) in [7, 11) is 12.6. The van der Waals surface area contributed by atoms with E-state index in [1.54, 1.807) is 56.9 Å². The molecule has 2 aromatic carbocycles. The smallest absolute Gasteiger partial charge is 0.179 e. The first-order valence-corrected chi connectivity index (χ1v) is 12.8. The van der Waals surface area contributed by atoms with Crippen LogP contribution >= 0.6 is 35.3 Å². The van der Waals surface area contributed by atoms with Crippen molar-refractivity contribution in [2.24, 2.45) is 0 Å². The normalized spacial score (nSPS) is 10.5. The van der Waals surface area contributed by atoms with Crippen molar-refractivity contribution in [3.05, 3.63) is 0 Å². The van der Waals surface area contributed by atoms with E-state index in [1.165, 1.54) is 35.3 Å². The van der Waals surface area contributed by atoms with Crippen LogP contribution in [-0.4, -0.2) is 69.4 Å². The molecule has 0 aliphatic heterocycles. The van der Waals surface area contributed by atoms with Crippen LogP contribution in [0.15, 0.2) is 19.6 Å². The fourth-order valence-electron chi connectivity index (χ4n) is 3.38. The van der Waals surface area contributed by atoms with Crippen LogP contribution in [0.1, 0.15) is 0 Å². The van der Waals surface area contributed by atoms with Gasteiger partial charge in [-0.3, -0.25) is 0 Å². The number of methoxy groups -OCH3 is 8. The van der Waals surface area contributed by atoms with Crippen molar-refractivity contribution in [1.82, 2.24) is 0 Å². The molecular formula is C22H30O8S3. The van der Waals surface area contributed by atoms with Crippen LogP contribution in [0.25, 0.3) is 0 Å². The highest BCUT2D eigenvalue weighted by molar-refractivity contribution is 8.00. The molecule has 0 amide bonds. The molecule has 0 aliphatic carbocycles. The number of benzene rings is 2. The SMILES string of the molecule is COc1c(OC)c(Sc2c(OC)c(OC)c(SC)c(OC)c2OC)c(OC)c(OC)c1SC. The molecule has 0 aliphatic rings. The average Bonchev–Trinajstić information content (AvgIpc) is 2.85. The van der Waals surface area contributed by atoms with Crippen LogP contribution in [0.4, 0.5) is 0 Å². The molecule has 0 atom stereocenters. The number of ether oxygens (including phenoxy) is 8. The van der Waals surface area contributed by atoms with E-state index in [4.69, 9.17) is 37.9 Å². The molecule has 0 unspecified atom stereocenters. The van der Waals surface area contributed by atoms with Crippen molar-refractivity contribution in [3.63, 3.8) is 0 Å². The summed E-state index contributed by atoms with van der Waals surface area (Å²) in [6.07, 6.45) is 3.85. The fraction of sp³-hybridized carbons (Fsp3) is 0.455. The molecule has 0 N–H and O–H groups in total. The zero-order chi connectivity index (χ0) is 24.7.